The monoisotopic (exact) mass is 388 g/mol. The quantitative estimate of drug-likeness (QED) is 0.850. The van der Waals surface area contributed by atoms with Crippen molar-refractivity contribution in [2.24, 2.45) is 0 Å². The van der Waals surface area contributed by atoms with Gasteiger partial charge in [0.2, 0.25) is 5.91 Å². The highest BCUT2D eigenvalue weighted by Crippen LogP contribution is 2.25. The van der Waals surface area contributed by atoms with Crippen molar-refractivity contribution in [2.75, 3.05) is 23.4 Å². The molecule has 0 radical (unpaired) electrons. The van der Waals surface area contributed by atoms with Crippen LogP contribution in [0.5, 0.6) is 5.75 Å². The lowest BCUT2D eigenvalue weighted by atomic mass is 10.3. The summed E-state index contributed by atoms with van der Waals surface area (Å²) in [7, 11) is 0. The first-order valence-electron chi connectivity index (χ1n) is 7.70. The lowest BCUT2D eigenvalue weighted by Gasteiger charge is -2.16. The van der Waals surface area contributed by atoms with Crippen LogP contribution in [-0.2, 0) is 9.59 Å². The smallest absolute Gasteiger partial charge is 0.262 e. The Kier molecular flexibility index (Phi) is 5.15. The molecular weight excluding hydrogens is 372 g/mol. The van der Waals surface area contributed by atoms with E-state index in [2.05, 4.69) is 21.2 Å². The second-order valence-corrected chi connectivity index (χ2v) is 6.41. The minimum absolute atomic E-state index is 0.0933. The average molecular weight is 389 g/mol. The van der Waals surface area contributed by atoms with Gasteiger partial charge in [-0.05, 0) is 36.8 Å². The van der Waals surface area contributed by atoms with E-state index >= 15 is 0 Å². The van der Waals surface area contributed by atoms with Gasteiger partial charge in [-0.3, -0.25) is 9.59 Å². The molecule has 2 aromatic carbocycles. The normalized spacial score (nSPS) is 13.9. The predicted octanol–water partition coefficient (Wildman–Crippen LogP) is 3.59. The van der Waals surface area contributed by atoms with E-state index in [-0.39, 0.29) is 18.4 Å². The van der Waals surface area contributed by atoms with Crippen LogP contribution in [0.1, 0.15) is 12.8 Å². The molecule has 2 amide bonds. The number of halogens is 1. The number of nitrogens with zero attached hydrogens (tertiary/aromatic N) is 1. The summed E-state index contributed by atoms with van der Waals surface area (Å²) >= 11 is 3.36. The molecule has 6 heteroatoms. The molecule has 24 heavy (non-hydrogen) atoms. The molecule has 0 aromatic heterocycles. The summed E-state index contributed by atoms with van der Waals surface area (Å²) < 4.78 is 6.44. The van der Waals surface area contributed by atoms with Crippen molar-refractivity contribution in [1.29, 1.82) is 0 Å². The van der Waals surface area contributed by atoms with Crippen LogP contribution >= 0.6 is 15.9 Å². The second-order valence-electron chi connectivity index (χ2n) is 5.49. The molecule has 1 aliphatic rings. The molecule has 1 fully saturated rings. The van der Waals surface area contributed by atoms with Crippen molar-refractivity contribution in [3.8, 4) is 5.75 Å². The zero-order chi connectivity index (χ0) is 16.9. The van der Waals surface area contributed by atoms with E-state index in [0.717, 1.165) is 23.1 Å². The van der Waals surface area contributed by atoms with Gasteiger partial charge in [0.05, 0.1) is 0 Å². The number of benzene rings is 2. The first kappa shape index (κ1) is 16.5. The summed E-state index contributed by atoms with van der Waals surface area (Å²) in [6, 6.07) is 14.6. The van der Waals surface area contributed by atoms with Gasteiger partial charge in [-0.25, -0.2) is 0 Å². The third-order valence-corrected chi connectivity index (χ3v) is 4.17. The molecule has 0 spiro atoms. The summed E-state index contributed by atoms with van der Waals surface area (Å²) in [4.78, 5) is 25.5. The molecule has 3 rings (SSSR count). The number of nitrogens with one attached hydrogen (secondary N) is 1. The van der Waals surface area contributed by atoms with Crippen molar-refractivity contribution in [2.45, 2.75) is 12.8 Å². The molecule has 0 unspecified atom stereocenters. The number of anilines is 2. The van der Waals surface area contributed by atoms with E-state index in [0.29, 0.717) is 17.9 Å². The fraction of sp³-hybridized carbons (Fsp3) is 0.222. The van der Waals surface area contributed by atoms with Gasteiger partial charge >= 0.3 is 0 Å². The lowest BCUT2D eigenvalue weighted by Crippen LogP contribution is -2.24. The summed E-state index contributed by atoms with van der Waals surface area (Å²) in [5.41, 5.74) is 1.51. The number of carbonyl (C=O) groups excluding carboxylic acids is 2. The van der Waals surface area contributed by atoms with Crippen molar-refractivity contribution < 1.29 is 14.3 Å². The molecule has 0 bridgehead atoms. The third kappa shape index (κ3) is 4.14. The number of carbonyl (C=O) groups is 2. The van der Waals surface area contributed by atoms with E-state index in [1.165, 1.54) is 0 Å². The minimum Gasteiger partial charge on any atom is -0.484 e. The van der Waals surface area contributed by atoms with E-state index in [1.807, 2.05) is 36.4 Å². The number of rotatable bonds is 5. The molecule has 1 saturated heterocycles. The molecular formula is C18H17BrN2O3. The maximum absolute atomic E-state index is 12.0. The standard InChI is InChI=1S/C18H17BrN2O3/c19-13-4-1-5-14(10-13)20-17(22)12-24-16-7-2-6-15(11-16)21-9-3-8-18(21)23/h1-2,4-7,10-11H,3,8-9,12H2,(H,20,22). The first-order valence-corrected chi connectivity index (χ1v) is 8.50. The Morgan fingerprint density at radius 3 is 2.79 bits per heavy atom. The summed E-state index contributed by atoms with van der Waals surface area (Å²) in [5.74, 6) is 0.451. The largest absolute Gasteiger partial charge is 0.484 e. The van der Waals surface area contributed by atoms with Gasteiger partial charge in [0, 0.05) is 34.9 Å². The van der Waals surface area contributed by atoms with Gasteiger partial charge in [-0.1, -0.05) is 28.1 Å². The number of amides is 2. The van der Waals surface area contributed by atoms with Crippen LogP contribution in [0, 0.1) is 0 Å². The van der Waals surface area contributed by atoms with E-state index in [9.17, 15) is 9.59 Å². The van der Waals surface area contributed by atoms with E-state index in [1.54, 1.807) is 17.0 Å². The van der Waals surface area contributed by atoms with Crippen molar-refractivity contribution in [3.05, 3.63) is 53.0 Å². The fourth-order valence-corrected chi connectivity index (χ4v) is 2.97. The molecule has 1 N–H and O–H groups in total. The van der Waals surface area contributed by atoms with Crippen LogP contribution < -0.4 is 15.0 Å². The van der Waals surface area contributed by atoms with Crippen molar-refractivity contribution in [3.63, 3.8) is 0 Å². The molecule has 2 aromatic rings. The van der Waals surface area contributed by atoms with Crippen LogP contribution in [-0.4, -0.2) is 25.0 Å². The molecule has 1 heterocycles. The summed E-state index contributed by atoms with van der Waals surface area (Å²) in [5, 5.41) is 2.77. The number of hydrogen-bond acceptors (Lipinski definition) is 3. The Bertz CT molecular complexity index is 763. The Morgan fingerprint density at radius 2 is 2.04 bits per heavy atom. The molecule has 0 saturated carbocycles. The minimum atomic E-state index is -0.240. The van der Waals surface area contributed by atoms with Gasteiger partial charge in [0.1, 0.15) is 5.75 Å². The highest BCUT2D eigenvalue weighted by molar-refractivity contribution is 9.10. The highest BCUT2D eigenvalue weighted by atomic mass is 79.9. The maximum Gasteiger partial charge on any atom is 0.262 e. The van der Waals surface area contributed by atoms with Gasteiger partial charge in [0.15, 0.2) is 6.61 Å². The average Bonchev–Trinajstić information content (AvgIpc) is 2.99. The SMILES string of the molecule is O=C(COc1cccc(N2CCCC2=O)c1)Nc1cccc(Br)c1. The zero-order valence-corrected chi connectivity index (χ0v) is 14.6. The Labute approximate surface area is 148 Å². The lowest BCUT2D eigenvalue weighted by molar-refractivity contribution is -0.118. The third-order valence-electron chi connectivity index (χ3n) is 3.68. The Hall–Kier alpha value is -2.34. The molecule has 0 aliphatic carbocycles. The number of ether oxygens (including phenoxy) is 1. The highest BCUT2D eigenvalue weighted by Gasteiger charge is 2.21. The van der Waals surface area contributed by atoms with Gasteiger partial charge in [0.25, 0.3) is 5.91 Å². The van der Waals surface area contributed by atoms with Crippen LogP contribution in [0.15, 0.2) is 53.0 Å². The van der Waals surface area contributed by atoms with Crippen molar-refractivity contribution in [1.82, 2.24) is 0 Å². The second kappa shape index (κ2) is 7.49. The predicted molar refractivity (Wildman–Crippen MR) is 96.3 cm³/mol. The van der Waals surface area contributed by atoms with Gasteiger partial charge in [-0.2, -0.15) is 0 Å². The summed E-state index contributed by atoms with van der Waals surface area (Å²) in [6.45, 7) is 0.634. The van der Waals surface area contributed by atoms with E-state index in [4.69, 9.17) is 4.74 Å². The molecule has 0 atom stereocenters. The van der Waals surface area contributed by atoms with Crippen molar-refractivity contribution >= 4 is 39.1 Å². The topological polar surface area (TPSA) is 58.6 Å². The number of hydrogen-bond donors (Lipinski definition) is 1. The molecule has 124 valence electrons. The van der Waals surface area contributed by atoms with Crippen LogP contribution in [0.3, 0.4) is 0 Å². The fourth-order valence-electron chi connectivity index (χ4n) is 2.57. The molecule has 5 nitrogen and oxygen atoms in total. The van der Waals surface area contributed by atoms with Crippen LogP contribution in [0.4, 0.5) is 11.4 Å². The van der Waals surface area contributed by atoms with Crippen LogP contribution in [0.2, 0.25) is 0 Å². The Morgan fingerprint density at radius 1 is 1.21 bits per heavy atom. The summed E-state index contributed by atoms with van der Waals surface area (Å²) in [6.07, 6.45) is 1.46. The van der Waals surface area contributed by atoms with Gasteiger partial charge in [-0.15, -0.1) is 0 Å². The maximum atomic E-state index is 12.0. The Balaban J connectivity index is 1.58. The zero-order valence-electron chi connectivity index (χ0n) is 13.0. The molecule has 1 aliphatic heterocycles. The first-order chi connectivity index (χ1) is 11.6. The van der Waals surface area contributed by atoms with E-state index < -0.39 is 0 Å². The van der Waals surface area contributed by atoms with Crippen LogP contribution in [0.25, 0.3) is 0 Å². The van der Waals surface area contributed by atoms with Gasteiger partial charge < -0.3 is 15.0 Å².